The number of esters is 2. The number of thioether (sulfide) groups is 1. The van der Waals surface area contributed by atoms with Crippen LogP contribution in [-0.4, -0.2) is 54.0 Å². The van der Waals surface area contributed by atoms with Crippen molar-refractivity contribution in [2.75, 3.05) is 31.0 Å². The Kier molecular flexibility index (Phi) is 9.41. The lowest BCUT2D eigenvalue weighted by Gasteiger charge is -2.18. The molecule has 1 aliphatic carbocycles. The average molecular weight is 588 g/mol. The van der Waals surface area contributed by atoms with Crippen LogP contribution in [0.15, 0.2) is 35.8 Å². The quantitative estimate of drug-likeness (QED) is 0.291. The van der Waals surface area contributed by atoms with E-state index in [1.807, 2.05) is 4.57 Å². The SMILES string of the molecule is C=CCn1c(=NC(=O)CSCC(=O)Nc2sc3c(c2C(=O)OC)CCC(C)C3)sc2cc(C(=O)OC)ccc21. The molecule has 0 spiro atoms. The number of benzene rings is 1. The molecule has 12 heteroatoms. The van der Waals surface area contributed by atoms with Crippen molar-refractivity contribution >= 4 is 73.4 Å². The van der Waals surface area contributed by atoms with Crippen molar-refractivity contribution in [1.82, 2.24) is 4.57 Å². The van der Waals surface area contributed by atoms with Gasteiger partial charge >= 0.3 is 11.9 Å². The summed E-state index contributed by atoms with van der Waals surface area (Å²) in [6.45, 7) is 6.39. The molecule has 1 atom stereocenters. The third-order valence-electron chi connectivity index (χ3n) is 6.25. The first-order valence-corrected chi connectivity index (χ1v) is 15.0. The van der Waals surface area contributed by atoms with E-state index in [-0.39, 0.29) is 23.3 Å². The van der Waals surface area contributed by atoms with Crippen molar-refractivity contribution in [2.45, 2.75) is 32.7 Å². The third kappa shape index (κ3) is 6.51. The Morgan fingerprint density at radius 3 is 2.67 bits per heavy atom. The van der Waals surface area contributed by atoms with E-state index in [9.17, 15) is 19.2 Å². The highest BCUT2D eigenvalue weighted by molar-refractivity contribution is 8.00. The number of nitrogens with one attached hydrogen (secondary N) is 1. The Morgan fingerprint density at radius 2 is 1.95 bits per heavy atom. The number of hydrogen-bond acceptors (Lipinski definition) is 9. The van der Waals surface area contributed by atoms with Crippen molar-refractivity contribution in [3.05, 3.63) is 57.2 Å². The lowest BCUT2D eigenvalue weighted by Crippen LogP contribution is -2.19. The van der Waals surface area contributed by atoms with E-state index in [0.29, 0.717) is 33.4 Å². The number of carbonyl (C=O) groups excluding carboxylic acids is 4. The van der Waals surface area contributed by atoms with Crippen molar-refractivity contribution in [1.29, 1.82) is 0 Å². The average Bonchev–Trinajstić information content (AvgIpc) is 3.44. The first-order valence-electron chi connectivity index (χ1n) is 12.3. The van der Waals surface area contributed by atoms with Gasteiger partial charge in [0.2, 0.25) is 5.91 Å². The highest BCUT2D eigenvalue weighted by Crippen LogP contribution is 2.40. The van der Waals surface area contributed by atoms with E-state index < -0.39 is 11.9 Å². The van der Waals surface area contributed by atoms with E-state index in [2.05, 4.69) is 23.8 Å². The predicted octanol–water partition coefficient (Wildman–Crippen LogP) is 4.45. The number of hydrogen-bond donors (Lipinski definition) is 1. The van der Waals surface area contributed by atoms with Gasteiger partial charge in [-0.25, -0.2) is 9.59 Å². The maximum Gasteiger partial charge on any atom is 0.341 e. The maximum atomic E-state index is 12.7. The molecule has 0 saturated heterocycles. The Hall–Kier alpha value is -3.22. The number of thiophene rings is 1. The van der Waals surface area contributed by atoms with Crippen molar-refractivity contribution in [2.24, 2.45) is 10.9 Å². The third-order valence-corrected chi connectivity index (χ3v) is 9.38. The van der Waals surface area contributed by atoms with Crippen molar-refractivity contribution in [3.8, 4) is 0 Å². The number of methoxy groups -OCH3 is 2. The molecule has 1 aromatic carbocycles. The molecule has 2 heterocycles. The van der Waals surface area contributed by atoms with Gasteiger partial charge in [0.15, 0.2) is 4.80 Å². The van der Waals surface area contributed by atoms with E-state index in [4.69, 9.17) is 9.47 Å². The van der Waals surface area contributed by atoms with Crippen LogP contribution in [0.5, 0.6) is 0 Å². The summed E-state index contributed by atoms with van der Waals surface area (Å²) in [6.07, 6.45) is 4.35. The van der Waals surface area contributed by atoms with Crippen LogP contribution in [0.25, 0.3) is 10.2 Å². The molecule has 39 heavy (non-hydrogen) atoms. The molecule has 2 amide bonds. The molecule has 2 aromatic heterocycles. The van der Waals surface area contributed by atoms with Crippen LogP contribution < -0.4 is 10.1 Å². The van der Waals surface area contributed by atoms with Crippen molar-refractivity contribution < 1.29 is 28.7 Å². The lowest BCUT2D eigenvalue weighted by molar-refractivity contribution is -0.115. The van der Waals surface area contributed by atoms with Gasteiger partial charge in [-0.1, -0.05) is 24.3 Å². The second-order valence-electron chi connectivity index (χ2n) is 9.05. The number of allylic oxidation sites excluding steroid dienone is 1. The number of nitrogens with zero attached hydrogens (tertiary/aromatic N) is 2. The standard InChI is InChI=1S/C27H29N3O6S3/c1-5-10-30-18-9-7-16(25(33)35-3)12-20(18)39-27(30)29-22(32)14-37-13-21(31)28-24-23(26(34)36-4)17-8-6-15(2)11-19(17)38-24/h5,7,9,12,15H,1,6,8,10-11,13-14H2,2-4H3,(H,28,31). The van der Waals surface area contributed by atoms with E-state index in [0.717, 1.165) is 51.7 Å². The number of amides is 2. The second-order valence-corrected chi connectivity index (χ2v) is 12.2. The second kappa shape index (κ2) is 12.8. The molecule has 0 aliphatic heterocycles. The first kappa shape index (κ1) is 28.8. The van der Waals surface area contributed by atoms with E-state index in [1.54, 1.807) is 24.3 Å². The Labute approximate surface area is 237 Å². The minimum absolute atomic E-state index is 0.00544. The van der Waals surface area contributed by atoms with Gasteiger partial charge < -0.3 is 19.4 Å². The number of fused-ring (bicyclic) bond motifs is 2. The smallest absolute Gasteiger partial charge is 0.341 e. The van der Waals surface area contributed by atoms with Gasteiger partial charge in [-0.3, -0.25) is 9.59 Å². The highest BCUT2D eigenvalue weighted by Gasteiger charge is 2.28. The fourth-order valence-corrected chi connectivity index (χ4v) is 7.51. The monoisotopic (exact) mass is 587 g/mol. The van der Waals surface area contributed by atoms with Gasteiger partial charge in [0.1, 0.15) is 5.00 Å². The van der Waals surface area contributed by atoms with Gasteiger partial charge in [0, 0.05) is 11.4 Å². The normalized spacial score (nSPS) is 15.1. The van der Waals surface area contributed by atoms with E-state index in [1.165, 1.54) is 36.9 Å². The van der Waals surface area contributed by atoms with Crippen LogP contribution >= 0.6 is 34.4 Å². The van der Waals surface area contributed by atoms with Crippen LogP contribution in [0.2, 0.25) is 0 Å². The van der Waals surface area contributed by atoms with Gasteiger partial charge in [-0.05, 0) is 48.9 Å². The minimum atomic E-state index is -0.450. The lowest BCUT2D eigenvalue weighted by atomic mass is 9.88. The predicted molar refractivity (Wildman–Crippen MR) is 155 cm³/mol. The Balaban J connectivity index is 1.43. The van der Waals surface area contributed by atoms with Crippen LogP contribution in [0.1, 0.15) is 44.5 Å². The van der Waals surface area contributed by atoms with Crippen molar-refractivity contribution in [3.63, 3.8) is 0 Å². The molecule has 0 fully saturated rings. The van der Waals surface area contributed by atoms with Gasteiger partial charge in [0.25, 0.3) is 5.91 Å². The minimum Gasteiger partial charge on any atom is -0.465 e. The summed E-state index contributed by atoms with van der Waals surface area (Å²) in [4.78, 5) is 55.6. The molecule has 1 unspecified atom stereocenters. The summed E-state index contributed by atoms with van der Waals surface area (Å²) >= 11 is 3.86. The number of ether oxygens (including phenoxy) is 2. The zero-order chi connectivity index (χ0) is 28.1. The zero-order valence-corrected chi connectivity index (χ0v) is 24.4. The molecule has 4 rings (SSSR count). The number of rotatable bonds is 9. The summed E-state index contributed by atoms with van der Waals surface area (Å²) < 4.78 is 12.4. The van der Waals surface area contributed by atoms with Crippen LogP contribution in [0.3, 0.4) is 0 Å². The summed E-state index contributed by atoms with van der Waals surface area (Å²) in [7, 11) is 2.66. The molecule has 0 radical (unpaired) electrons. The molecule has 0 bridgehead atoms. The molecular formula is C27H29N3O6S3. The maximum absolute atomic E-state index is 12.7. The fourth-order valence-electron chi connectivity index (χ4n) is 4.40. The first-order chi connectivity index (χ1) is 18.7. The zero-order valence-electron chi connectivity index (χ0n) is 21.9. The molecule has 9 nitrogen and oxygen atoms in total. The molecular weight excluding hydrogens is 559 g/mol. The topological polar surface area (TPSA) is 116 Å². The number of thiazole rings is 1. The molecule has 0 saturated carbocycles. The number of aromatic nitrogens is 1. The van der Waals surface area contributed by atoms with Crippen LogP contribution in [0.4, 0.5) is 5.00 Å². The van der Waals surface area contributed by atoms with Crippen LogP contribution in [-0.2, 0) is 38.4 Å². The van der Waals surface area contributed by atoms with Gasteiger partial charge in [0.05, 0.1) is 47.1 Å². The summed E-state index contributed by atoms with van der Waals surface area (Å²) in [5.74, 6) is -1.02. The van der Waals surface area contributed by atoms with Gasteiger partial charge in [-0.2, -0.15) is 4.99 Å². The highest BCUT2D eigenvalue weighted by atomic mass is 32.2. The molecule has 3 aromatic rings. The molecule has 206 valence electrons. The Morgan fingerprint density at radius 1 is 1.18 bits per heavy atom. The molecule has 1 aliphatic rings. The summed E-state index contributed by atoms with van der Waals surface area (Å²) in [6, 6.07) is 5.16. The fraction of sp³-hybridized carbons (Fsp3) is 0.370. The summed E-state index contributed by atoms with van der Waals surface area (Å²) in [5, 5.41) is 3.35. The van der Waals surface area contributed by atoms with E-state index >= 15 is 0 Å². The number of carbonyl (C=O) groups is 4. The molecule has 1 N–H and O–H groups in total. The number of anilines is 1. The van der Waals surface area contributed by atoms with Gasteiger partial charge in [-0.15, -0.1) is 29.7 Å². The largest absolute Gasteiger partial charge is 0.465 e. The Bertz CT molecular complexity index is 1520. The van der Waals surface area contributed by atoms with Crippen LogP contribution in [0, 0.1) is 5.92 Å². The summed E-state index contributed by atoms with van der Waals surface area (Å²) in [5.41, 5.74) is 2.64.